The molecule has 0 fully saturated rings. The average Bonchev–Trinajstić information content (AvgIpc) is 3.40. The summed E-state index contributed by atoms with van der Waals surface area (Å²) >= 11 is 0. The normalized spacial score (nSPS) is 13.2. The Balaban J connectivity index is 1.72. The maximum Gasteiger partial charge on any atom is 0.257 e. The van der Waals surface area contributed by atoms with Crippen molar-refractivity contribution in [3.63, 3.8) is 0 Å². The van der Waals surface area contributed by atoms with E-state index in [1.165, 1.54) is 4.90 Å². The minimum Gasteiger partial charge on any atom is -0.505 e. The van der Waals surface area contributed by atoms with Crippen LogP contribution in [0.1, 0.15) is 41.8 Å². The highest BCUT2D eigenvalue weighted by atomic mass is 16.3. The Morgan fingerprint density at radius 1 is 1.12 bits per heavy atom. The monoisotopic (exact) mass is 451 g/mol. The van der Waals surface area contributed by atoms with Gasteiger partial charge in [-0.2, -0.15) is 0 Å². The lowest BCUT2D eigenvalue weighted by Gasteiger charge is -2.23. The zero-order chi connectivity index (χ0) is 23.7. The summed E-state index contributed by atoms with van der Waals surface area (Å²) in [5.74, 6) is 3.48. The predicted octanol–water partition coefficient (Wildman–Crippen LogP) is 4.13. The molecule has 1 aliphatic heterocycles. The van der Waals surface area contributed by atoms with E-state index in [0.29, 0.717) is 35.6 Å². The van der Waals surface area contributed by atoms with E-state index in [0.717, 1.165) is 11.5 Å². The molecular weight excluding hydrogens is 422 g/mol. The van der Waals surface area contributed by atoms with Crippen LogP contribution in [0, 0.1) is 12.8 Å². The number of hydrogen-bond donors (Lipinski definition) is 5. The van der Waals surface area contributed by atoms with Gasteiger partial charge >= 0.3 is 0 Å². The third-order valence-electron chi connectivity index (χ3n) is 5.36. The minimum atomic E-state index is -0.298. The van der Waals surface area contributed by atoms with Gasteiger partial charge in [-0.05, 0) is 37.1 Å². The summed E-state index contributed by atoms with van der Waals surface area (Å²) in [6, 6.07) is 8.68. The highest BCUT2D eigenvalue weighted by Crippen LogP contribution is 2.37. The van der Waals surface area contributed by atoms with Crippen molar-refractivity contribution in [3.8, 4) is 5.75 Å². The first-order valence-corrected chi connectivity index (χ1v) is 10.8. The number of carbonyl (C=O) groups excluding carboxylic acids is 1. The molecule has 1 atom stereocenters. The van der Waals surface area contributed by atoms with E-state index in [-0.39, 0.29) is 29.2 Å². The Bertz CT molecular complexity index is 1170. The molecule has 1 aliphatic rings. The summed E-state index contributed by atoms with van der Waals surface area (Å²) in [6.45, 7) is 6.60. The Morgan fingerprint density at radius 3 is 2.42 bits per heavy atom. The quantitative estimate of drug-likeness (QED) is 0.337. The predicted molar refractivity (Wildman–Crippen MR) is 128 cm³/mol. The van der Waals surface area contributed by atoms with Crippen molar-refractivity contribution < 1.29 is 14.3 Å². The standard InChI is InChI=1S/C23H29N7O3/c1-12(2)17(16-10-9-13(3)33-16)27-22-21(28-19-20(29-22)25-11-24-19)26-15-8-6-7-14(18(15)31)23(32)30(4)5/h6-10,12,17,31H,11H2,1-5H3,(H2,24,26,28)(H2,25,27,29)/t17-/m1/s1. The summed E-state index contributed by atoms with van der Waals surface area (Å²) in [7, 11) is 3.27. The molecule has 3 heterocycles. The van der Waals surface area contributed by atoms with E-state index in [4.69, 9.17) is 9.40 Å². The lowest BCUT2D eigenvalue weighted by atomic mass is 10.0. The smallest absolute Gasteiger partial charge is 0.257 e. The summed E-state index contributed by atoms with van der Waals surface area (Å²) in [4.78, 5) is 23.2. The number of amides is 1. The number of nitrogens with zero attached hydrogens (tertiary/aromatic N) is 3. The molecule has 0 saturated heterocycles. The van der Waals surface area contributed by atoms with Crippen LogP contribution in [0.15, 0.2) is 34.7 Å². The largest absolute Gasteiger partial charge is 0.505 e. The Hall–Kier alpha value is -3.95. The van der Waals surface area contributed by atoms with E-state index in [1.54, 1.807) is 32.3 Å². The van der Waals surface area contributed by atoms with Crippen molar-refractivity contribution in [2.45, 2.75) is 26.8 Å². The molecule has 4 rings (SSSR count). The molecule has 1 aromatic carbocycles. The number of fused-ring (bicyclic) bond motifs is 1. The van der Waals surface area contributed by atoms with Gasteiger partial charge in [0.1, 0.15) is 11.5 Å². The first-order chi connectivity index (χ1) is 15.7. The molecule has 0 unspecified atom stereocenters. The summed E-state index contributed by atoms with van der Waals surface area (Å²) in [5, 5.41) is 23.7. The van der Waals surface area contributed by atoms with E-state index >= 15 is 0 Å². The van der Waals surface area contributed by atoms with Crippen LogP contribution in [0.3, 0.4) is 0 Å². The number of benzene rings is 1. The fourth-order valence-corrected chi connectivity index (χ4v) is 3.60. The molecule has 0 spiro atoms. The Kier molecular flexibility index (Phi) is 5.99. The lowest BCUT2D eigenvalue weighted by molar-refractivity contribution is 0.0824. The minimum absolute atomic E-state index is 0.155. The highest BCUT2D eigenvalue weighted by Gasteiger charge is 2.25. The SMILES string of the molecule is Cc1ccc([C@H](Nc2nc3c(nc2Nc2cccc(C(=O)N(C)C)c2O)NCN3)C(C)C)o1. The van der Waals surface area contributed by atoms with Crippen molar-refractivity contribution in [2.24, 2.45) is 5.92 Å². The van der Waals surface area contributed by atoms with Gasteiger partial charge in [-0.25, -0.2) is 9.97 Å². The number of anilines is 5. The van der Waals surface area contributed by atoms with Gasteiger partial charge in [-0.3, -0.25) is 4.79 Å². The molecule has 0 bridgehead atoms. The van der Waals surface area contributed by atoms with Crippen molar-refractivity contribution in [2.75, 3.05) is 42.0 Å². The second-order valence-electron chi connectivity index (χ2n) is 8.49. The topological polar surface area (TPSA) is 128 Å². The molecule has 5 N–H and O–H groups in total. The maximum absolute atomic E-state index is 12.4. The molecule has 0 radical (unpaired) electrons. The number of aromatic nitrogens is 2. The highest BCUT2D eigenvalue weighted by molar-refractivity contribution is 5.98. The summed E-state index contributed by atoms with van der Waals surface area (Å²) in [5.41, 5.74) is 0.542. The molecule has 174 valence electrons. The number of aromatic hydroxyl groups is 1. The van der Waals surface area contributed by atoms with Crippen molar-refractivity contribution in [1.82, 2.24) is 14.9 Å². The third-order valence-corrected chi connectivity index (χ3v) is 5.36. The Morgan fingerprint density at radius 2 is 1.82 bits per heavy atom. The Labute approximate surface area is 192 Å². The summed E-state index contributed by atoms with van der Waals surface area (Å²) < 4.78 is 5.87. The number of aryl methyl sites for hydroxylation is 1. The van der Waals surface area contributed by atoms with Gasteiger partial charge in [0.15, 0.2) is 29.0 Å². The summed E-state index contributed by atoms with van der Waals surface area (Å²) in [6.07, 6.45) is 0. The van der Waals surface area contributed by atoms with Crippen LogP contribution < -0.4 is 21.3 Å². The van der Waals surface area contributed by atoms with Gasteiger partial charge in [0, 0.05) is 14.1 Å². The molecule has 33 heavy (non-hydrogen) atoms. The molecule has 1 amide bonds. The van der Waals surface area contributed by atoms with Crippen LogP contribution in [0.5, 0.6) is 5.75 Å². The maximum atomic E-state index is 12.4. The molecule has 3 aromatic rings. The lowest BCUT2D eigenvalue weighted by Crippen LogP contribution is -2.22. The number of phenolic OH excluding ortho intramolecular Hbond substituents is 1. The first-order valence-electron chi connectivity index (χ1n) is 10.8. The number of nitrogens with one attached hydrogen (secondary N) is 4. The number of carbonyl (C=O) groups is 1. The fourth-order valence-electron chi connectivity index (χ4n) is 3.60. The van der Waals surface area contributed by atoms with Gasteiger partial charge in [-0.15, -0.1) is 0 Å². The van der Waals surface area contributed by atoms with E-state index in [1.807, 2.05) is 19.1 Å². The second-order valence-corrected chi connectivity index (χ2v) is 8.49. The van der Waals surface area contributed by atoms with E-state index in [9.17, 15) is 9.90 Å². The van der Waals surface area contributed by atoms with Gasteiger partial charge in [-0.1, -0.05) is 19.9 Å². The van der Waals surface area contributed by atoms with Crippen LogP contribution >= 0.6 is 0 Å². The van der Waals surface area contributed by atoms with Gasteiger partial charge in [0.2, 0.25) is 0 Å². The molecule has 2 aromatic heterocycles. The van der Waals surface area contributed by atoms with Gasteiger partial charge in [0.05, 0.1) is 24.0 Å². The molecule has 0 saturated carbocycles. The number of phenols is 1. The molecule has 10 heteroatoms. The van der Waals surface area contributed by atoms with E-state index < -0.39 is 0 Å². The van der Waals surface area contributed by atoms with Crippen LogP contribution in [0.25, 0.3) is 0 Å². The van der Waals surface area contributed by atoms with Crippen LogP contribution in [0.2, 0.25) is 0 Å². The van der Waals surface area contributed by atoms with Crippen molar-refractivity contribution in [1.29, 1.82) is 0 Å². The van der Waals surface area contributed by atoms with Crippen molar-refractivity contribution >= 4 is 34.9 Å². The van der Waals surface area contributed by atoms with Crippen molar-refractivity contribution in [3.05, 3.63) is 47.4 Å². The number of rotatable bonds is 7. The van der Waals surface area contributed by atoms with Crippen LogP contribution in [0.4, 0.5) is 29.0 Å². The first kappa shape index (κ1) is 22.3. The molecular formula is C23H29N7O3. The second kappa shape index (κ2) is 8.89. The van der Waals surface area contributed by atoms with Gasteiger partial charge < -0.3 is 35.7 Å². The van der Waals surface area contributed by atoms with Gasteiger partial charge in [0.25, 0.3) is 5.91 Å². The zero-order valence-electron chi connectivity index (χ0n) is 19.4. The number of hydrogen-bond acceptors (Lipinski definition) is 9. The average molecular weight is 452 g/mol. The van der Waals surface area contributed by atoms with Crippen LogP contribution in [-0.2, 0) is 0 Å². The zero-order valence-corrected chi connectivity index (χ0v) is 19.4. The fraction of sp³-hybridized carbons (Fsp3) is 0.348. The third kappa shape index (κ3) is 4.50. The molecule has 10 nitrogen and oxygen atoms in total. The van der Waals surface area contributed by atoms with E-state index in [2.05, 4.69) is 40.1 Å². The van der Waals surface area contributed by atoms with Crippen LogP contribution in [-0.4, -0.2) is 46.6 Å². The number of para-hydroxylation sites is 1. The number of furan rings is 1. The molecule has 0 aliphatic carbocycles.